The van der Waals surface area contributed by atoms with E-state index in [9.17, 15) is 10.1 Å². The fourth-order valence-corrected chi connectivity index (χ4v) is 2.14. The van der Waals surface area contributed by atoms with Crippen LogP contribution in [0.3, 0.4) is 0 Å². The minimum atomic E-state index is -0.484. The maximum atomic E-state index is 11.0. The molecule has 0 saturated carbocycles. The first-order valence-corrected chi connectivity index (χ1v) is 6.50. The maximum absolute atomic E-state index is 11.0. The van der Waals surface area contributed by atoms with Crippen molar-refractivity contribution in [2.75, 3.05) is 11.9 Å². The third kappa shape index (κ3) is 3.18. The van der Waals surface area contributed by atoms with Crippen molar-refractivity contribution in [3.8, 4) is 0 Å². The molecule has 0 saturated heterocycles. The van der Waals surface area contributed by atoms with Crippen LogP contribution >= 0.6 is 23.2 Å². The fourth-order valence-electron chi connectivity index (χ4n) is 1.80. The second-order valence-electron chi connectivity index (χ2n) is 4.18. The van der Waals surface area contributed by atoms with Crippen LogP contribution in [-0.2, 0) is 6.54 Å². The zero-order valence-corrected chi connectivity index (χ0v) is 12.1. The molecule has 0 bridgehead atoms. The van der Waals surface area contributed by atoms with Crippen molar-refractivity contribution in [3.05, 3.63) is 62.3 Å². The molecular formula is C13H11Cl2N3O2. The molecule has 0 radical (unpaired) electrons. The molecule has 0 spiro atoms. The maximum Gasteiger partial charge on any atom is 0.311 e. The van der Waals surface area contributed by atoms with Crippen LogP contribution in [0.5, 0.6) is 0 Å². The zero-order valence-electron chi connectivity index (χ0n) is 10.6. The lowest BCUT2D eigenvalue weighted by Gasteiger charge is -2.18. The lowest BCUT2D eigenvalue weighted by molar-refractivity contribution is -0.384. The van der Waals surface area contributed by atoms with Crippen LogP contribution in [0, 0.1) is 10.1 Å². The van der Waals surface area contributed by atoms with E-state index in [1.54, 1.807) is 18.0 Å². The van der Waals surface area contributed by atoms with Gasteiger partial charge in [0.15, 0.2) is 0 Å². The van der Waals surface area contributed by atoms with E-state index >= 15 is 0 Å². The average Bonchev–Trinajstić information content (AvgIpc) is 2.40. The average molecular weight is 312 g/mol. The Kier molecular flexibility index (Phi) is 4.42. The summed E-state index contributed by atoms with van der Waals surface area (Å²) in [7, 11) is 1.70. The van der Waals surface area contributed by atoms with E-state index in [1.165, 1.54) is 12.1 Å². The van der Waals surface area contributed by atoms with E-state index in [0.717, 1.165) is 5.56 Å². The highest BCUT2D eigenvalue weighted by Gasteiger charge is 2.19. The molecule has 0 N–H and O–H groups in total. The Balaban J connectivity index is 2.34. The SMILES string of the molecule is CN(Cc1ccccc1Cl)c1nc(Cl)ccc1[N+](=O)[O-]. The number of hydrogen-bond donors (Lipinski definition) is 0. The molecule has 104 valence electrons. The number of benzene rings is 1. The molecule has 0 amide bonds. The molecule has 2 aromatic rings. The molecule has 0 aliphatic carbocycles. The lowest BCUT2D eigenvalue weighted by atomic mass is 10.2. The Bertz CT molecular complexity index is 649. The monoisotopic (exact) mass is 311 g/mol. The smallest absolute Gasteiger partial charge is 0.311 e. The van der Waals surface area contributed by atoms with Crippen LogP contribution in [0.25, 0.3) is 0 Å². The largest absolute Gasteiger partial charge is 0.350 e. The molecule has 0 aliphatic rings. The van der Waals surface area contributed by atoms with Gasteiger partial charge in [-0.2, -0.15) is 0 Å². The number of anilines is 1. The van der Waals surface area contributed by atoms with E-state index in [0.29, 0.717) is 11.6 Å². The molecule has 20 heavy (non-hydrogen) atoms. The lowest BCUT2D eigenvalue weighted by Crippen LogP contribution is -2.19. The predicted molar refractivity (Wildman–Crippen MR) is 79.5 cm³/mol. The third-order valence-electron chi connectivity index (χ3n) is 2.74. The Morgan fingerprint density at radius 3 is 2.60 bits per heavy atom. The molecule has 1 aromatic carbocycles. The van der Waals surface area contributed by atoms with Gasteiger partial charge in [0.1, 0.15) is 5.15 Å². The van der Waals surface area contributed by atoms with Gasteiger partial charge in [0, 0.05) is 24.7 Å². The second kappa shape index (κ2) is 6.07. The van der Waals surface area contributed by atoms with E-state index in [-0.39, 0.29) is 16.7 Å². The van der Waals surface area contributed by atoms with Crippen LogP contribution in [-0.4, -0.2) is 17.0 Å². The summed E-state index contributed by atoms with van der Waals surface area (Å²) in [6, 6.07) is 10.0. The highest BCUT2D eigenvalue weighted by Crippen LogP contribution is 2.28. The third-order valence-corrected chi connectivity index (χ3v) is 3.32. The van der Waals surface area contributed by atoms with E-state index in [2.05, 4.69) is 4.98 Å². The van der Waals surface area contributed by atoms with Crippen LogP contribution in [0.2, 0.25) is 10.2 Å². The van der Waals surface area contributed by atoms with Gasteiger partial charge in [-0.3, -0.25) is 10.1 Å². The number of hydrogen-bond acceptors (Lipinski definition) is 4. The Hall–Kier alpha value is -1.85. The van der Waals surface area contributed by atoms with Crippen molar-refractivity contribution >= 4 is 34.7 Å². The van der Waals surface area contributed by atoms with E-state index < -0.39 is 4.92 Å². The van der Waals surface area contributed by atoms with Crippen molar-refractivity contribution in [2.24, 2.45) is 0 Å². The van der Waals surface area contributed by atoms with Gasteiger partial charge in [-0.25, -0.2) is 4.98 Å². The van der Waals surface area contributed by atoms with Crippen molar-refractivity contribution in [2.45, 2.75) is 6.54 Å². The number of rotatable bonds is 4. The highest BCUT2D eigenvalue weighted by atomic mass is 35.5. The minimum absolute atomic E-state index is 0.0936. The second-order valence-corrected chi connectivity index (χ2v) is 4.98. The molecule has 0 aliphatic heterocycles. The van der Waals surface area contributed by atoms with Crippen molar-refractivity contribution in [1.82, 2.24) is 4.98 Å². The summed E-state index contributed by atoms with van der Waals surface area (Å²) in [5, 5.41) is 11.8. The Morgan fingerprint density at radius 1 is 1.25 bits per heavy atom. The van der Waals surface area contributed by atoms with Crippen LogP contribution in [0.1, 0.15) is 5.56 Å². The zero-order chi connectivity index (χ0) is 14.7. The number of aromatic nitrogens is 1. The van der Waals surface area contributed by atoms with E-state index in [4.69, 9.17) is 23.2 Å². The number of nitro groups is 1. The van der Waals surface area contributed by atoms with Crippen LogP contribution < -0.4 is 4.90 Å². The van der Waals surface area contributed by atoms with Gasteiger partial charge in [-0.15, -0.1) is 0 Å². The van der Waals surface area contributed by atoms with Crippen LogP contribution in [0.4, 0.5) is 11.5 Å². The van der Waals surface area contributed by atoms with Gasteiger partial charge in [0.25, 0.3) is 0 Å². The molecule has 0 atom stereocenters. The number of halogens is 2. The van der Waals surface area contributed by atoms with Crippen molar-refractivity contribution < 1.29 is 4.92 Å². The van der Waals surface area contributed by atoms with Crippen molar-refractivity contribution in [1.29, 1.82) is 0 Å². The van der Waals surface area contributed by atoms with Crippen LogP contribution in [0.15, 0.2) is 36.4 Å². The van der Waals surface area contributed by atoms with Gasteiger partial charge < -0.3 is 4.90 Å². The standard InChI is InChI=1S/C13H11Cl2N3O2/c1-17(8-9-4-2-3-5-10(9)14)13-11(18(19)20)6-7-12(15)16-13/h2-7H,8H2,1H3. The topological polar surface area (TPSA) is 59.3 Å². The first kappa shape index (κ1) is 14.6. The molecular weight excluding hydrogens is 301 g/mol. The van der Waals surface area contributed by atoms with Crippen molar-refractivity contribution in [3.63, 3.8) is 0 Å². The fraction of sp³-hybridized carbons (Fsp3) is 0.154. The summed E-state index contributed by atoms with van der Waals surface area (Å²) in [6.07, 6.45) is 0. The number of nitrogens with zero attached hydrogens (tertiary/aromatic N) is 3. The molecule has 5 nitrogen and oxygen atoms in total. The summed E-state index contributed by atoms with van der Waals surface area (Å²) < 4.78 is 0. The Morgan fingerprint density at radius 2 is 1.95 bits per heavy atom. The first-order chi connectivity index (χ1) is 9.49. The Labute approximate surface area is 125 Å². The molecule has 1 heterocycles. The minimum Gasteiger partial charge on any atom is -0.350 e. The summed E-state index contributed by atoms with van der Waals surface area (Å²) in [5.74, 6) is 0.211. The molecule has 1 aromatic heterocycles. The summed E-state index contributed by atoms with van der Waals surface area (Å²) in [6.45, 7) is 0.397. The summed E-state index contributed by atoms with van der Waals surface area (Å²) in [4.78, 5) is 16.2. The summed E-state index contributed by atoms with van der Waals surface area (Å²) >= 11 is 11.9. The summed E-state index contributed by atoms with van der Waals surface area (Å²) in [5.41, 5.74) is 0.761. The van der Waals surface area contributed by atoms with Gasteiger partial charge >= 0.3 is 5.69 Å². The van der Waals surface area contributed by atoms with Gasteiger partial charge in [-0.05, 0) is 17.7 Å². The normalized spacial score (nSPS) is 10.3. The molecule has 0 unspecified atom stereocenters. The highest BCUT2D eigenvalue weighted by molar-refractivity contribution is 6.31. The molecule has 7 heteroatoms. The molecule has 2 rings (SSSR count). The first-order valence-electron chi connectivity index (χ1n) is 5.74. The predicted octanol–water partition coefficient (Wildman–Crippen LogP) is 3.93. The molecule has 0 fully saturated rings. The quantitative estimate of drug-likeness (QED) is 0.487. The van der Waals surface area contributed by atoms with Gasteiger partial charge in [-0.1, -0.05) is 41.4 Å². The van der Waals surface area contributed by atoms with E-state index in [1.807, 2.05) is 18.2 Å². The number of pyridine rings is 1. The van der Waals surface area contributed by atoms with Gasteiger partial charge in [0.2, 0.25) is 5.82 Å². The van der Waals surface area contributed by atoms with Gasteiger partial charge in [0.05, 0.1) is 4.92 Å².